The summed E-state index contributed by atoms with van der Waals surface area (Å²) in [7, 11) is 1.56. The third-order valence-electron chi connectivity index (χ3n) is 4.60. The fourth-order valence-corrected chi connectivity index (χ4v) is 2.93. The minimum Gasteiger partial charge on any atom is -0.493 e. The highest BCUT2D eigenvalue weighted by atomic mass is 19.1. The summed E-state index contributed by atoms with van der Waals surface area (Å²) in [6.45, 7) is 2.10. The van der Waals surface area contributed by atoms with Gasteiger partial charge >= 0.3 is 0 Å². The van der Waals surface area contributed by atoms with Crippen LogP contribution in [0, 0.1) is 18.6 Å². The smallest absolute Gasteiger partial charge is 0.254 e. The van der Waals surface area contributed by atoms with E-state index in [0.29, 0.717) is 35.6 Å². The van der Waals surface area contributed by atoms with Crippen LogP contribution in [0.2, 0.25) is 0 Å². The van der Waals surface area contributed by atoms with Gasteiger partial charge in [-0.15, -0.1) is 0 Å². The second-order valence-corrected chi connectivity index (χ2v) is 7.17. The summed E-state index contributed by atoms with van der Waals surface area (Å²) >= 11 is 0. The zero-order chi connectivity index (χ0) is 23.8. The minimum atomic E-state index is -0.939. The van der Waals surface area contributed by atoms with Crippen LogP contribution in [0.25, 0.3) is 0 Å². The number of carbonyl (C=O) groups excluding carboxylic acids is 2. The van der Waals surface area contributed by atoms with Crippen molar-refractivity contribution >= 4 is 17.5 Å². The van der Waals surface area contributed by atoms with Gasteiger partial charge in [-0.25, -0.2) is 13.8 Å². The van der Waals surface area contributed by atoms with Crippen molar-refractivity contribution in [1.82, 2.24) is 10.3 Å². The van der Waals surface area contributed by atoms with Crippen LogP contribution < -0.4 is 20.1 Å². The predicted molar refractivity (Wildman–Crippen MR) is 119 cm³/mol. The third-order valence-corrected chi connectivity index (χ3v) is 4.60. The molecule has 172 valence electrons. The van der Waals surface area contributed by atoms with Crippen LogP contribution in [0.3, 0.4) is 0 Å². The summed E-state index contributed by atoms with van der Waals surface area (Å²) in [4.78, 5) is 28.2. The molecule has 2 N–H and O–H groups in total. The molecule has 2 amide bonds. The summed E-state index contributed by atoms with van der Waals surface area (Å²) in [5.41, 5.74) is 1.27. The van der Waals surface area contributed by atoms with Crippen LogP contribution in [-0.2, 0) is 4.79 Å². The minimum absolute atomic E-state index is 0.130. The molecule has 0 atom stereocenters. The molecule has 9 heteroatoms. The molecule has 0 aliphatic rings. The van der Waals surface area contributed by atoms with E-state index in [-0.39, 0.29) is 24.4 Å². The Hall–Kier alpha value is -4.01. The van der Waals surface area contributed by atoms with Crippen molar-refractivity contribution in [3.63, 3.8) is 0 Å². The van der Waals surface area contributed by atoms with Crippen LogP contribution in [0.1, 0.15) is 28.8 Å². The van der Waals surface area contributed by atoms with Gasteiger partial charge in [0.05, 0.1) is 24.6 Å². The molecule has 33 heavy (non-hydrogen) atoms. The van der Waals surface area contributed by atoms with Crippen LogP contribution in [0.15, 0.2) is 54.7 Å². The van der Waals surface area contributed by atoms with Crippen LogP contribution in [0.5, 0.6) is 17.4 Å². The van der Waals surface area contributed by atoms with E-state index in [9.17, 15) is 18.4 Å². The number of carbonyl (C=O) groups is 2. The highest BCUT2D eigenvalue weighted by Gasteiger charge is 2.12. The molecule has 0 fully saturated rings. The zero-order valence-corrected chi connectivity index (χ0v) is 18.2. The van der Waals surface area contributed by atoms with E-state index < -0.39 is 17.5 Å². The average molecular weight is 455 g/mol. The quantitative estimate of drug-likeness (QED) is 0.460. The van der Waals surface area contributed by atoms with E-state index in [1.807, 2.05) is 19.1 Å². The number of nitrogens with zero attached hydrogens (tertiary/aromatic N) is 1. The van der Waals surface area contributed by atoms with E-state index in [4.69, 9.17) is 9.47 Å². The SMILES string of the molecule is COc1cc(C)ccc1Oc1ccc(NC(=O)CCCNC(=O)c2ccc(F)cc2F)cn1. The summed E-state index contributed by atoms with van der Waals surface area (Å²) in [5.74, 6) is -1.19. The number of nitrogens with one attached hydrogen (secondary N) is 2. The first-order chi connectivity index (χ1) is 15.9. The second-order valence-electron chi connectivity index (χ2n) is 7.17. The molecule has 1 heterocycles. The molecule has 1 aromatic heterocycles. The lowest BCUT2D eigenvalue weighted by Gasteiger charge is -2.11. The number of anilines is 1. The van der Waals surface area contributed by atoms with Gasteiger partial charge < -0.3 is 20.1 Å². The number of aryl methyl sites for hydroxylation is 1. The molecule has 3 rings (SSSR count). The number of hydrogen-bond acceptors (Lipinski definition) is 5. The van der Waals surface area contributed by atoms with E-state index in [1.165, 1.54) is 6.20 Å². The number of aromatic nitrogens is 1. The van der Waals surface area contributed by atoms with E-state index >= 15 is 0 Å². The molecule has 0 spiro atoms. The number of halogens is 2. The molecule has 0 bridgehead atoms. The first-order valence-corrected chi connectivity index (χ1v) is 10.2. The van der Waals surface area contributed by atoms with Gasteiger partial charge in [-0.3, -0.25) is 9.59 Å². The van der Waals surface area contributed by atoms with Gasteiger partial charge in [0.15, 0.2) is 11.5 Å². The fourth-order valence-electron chi connectivity index (χ4n) is 2.93. The molecule has 0 radical (unpaired) electrons. The number of hydrogen-bond donors (Lipinski definition) is 2. The van der Waals surface area contributed by atoms with Crippen molar-refractivity contribution in [2.75, 3.05) is 19.0 Å². The van der Waals surface area contributed by atoms with Crippen molar-refractivity contribution in [3.8, 4) is 17.4 Å². The highest BCUT2D eigenvalue weighted by molar-refractivity contribution is 5.94. The normalized spacial score (nSPS) is 10.4. The molecule has 0 saturated heterocycles. The van der Waals surface area contributed by atoms with Crippen molar-refractivity contribution in [1.29, 1.82) is 0 Å². The Morgan fingerprint density at radius 2 is 1.85 bits per heavy atom. The molecule has 2 aromatic carbocycles. The second kappa shape index (κ2) is 11.0. The predicted octanol–water partition coefficient (Wildman–Crippen LogP) is 4.62. The Morgan fingerprint density at radius 1 is 1.03 bits per heavy atom. The van der Waals surface area contributed by atoms with Gasteiger partial charge in [-0.2, -0.15) is 0 Å². The van der Waals surface area contributed by atoms with Gasteiger partial charge in [0.2, 0.25) is 11.8 Å². The summed E-state index contributed by atoms with van der Waals surface area (Å²) in [6.07, 6.45) is 1.93. The van der Waals surface area contributed by atoms with Crippen LogP contribution in [-0.4, -0.2) is 30.5 Å². The number of benzene rings is 2. The van der Waals surface area contributed by atoms with E-state index in [1.54, 1.807) is 25.3 Å². The summed E-state index contributed by atoms with van der Waals surface area (Å²) in [6, 6.07) is 11.5. The van der Waals surface area contributed by atoms with Crippen molar-refractivity contribution in [2.24, 2.45) is 0 Å². The van der Waals surface area contributed by atoms with Crippen molar-refractivity contribution in [2.45, 2.75) is 19.8 Å². The maximum atomic E-state index is 13.6. The molecule has 3 aromatic rings. The Balaban J connectivity index is 1.44. The van der Waals surface area contributed by atoms with Crippen molar-refractivity contribution < 1.29 is 27.8 Å². The molecular weight excluding hydrogens is 432 g/mol. The van der Waals surface area contributed by atoms with E-state index in [0.717, 1.165) is 17.7 Å². The monoisotopic (exact) mass is 455 g/mol. The Bertz CT molecular complexity index is 1140. The van der Waals surface area contributed by atoms with Gasteiger partial charge in [-0.05, 0) is 49.2 Å². The Kier molecular flexibility index (Phi) is 7.91. The van der Waals surface area contributed by atoms with Crippen molar-refractivity contribution in [3.05, 3.63) is 77.5 Å². The maximum Gasteiger partial charge on any atom is 0.254 e. The average Bonchev–Trinajstić information content (AvgIpc) is 2.79. The first kappa shape index (κ1) is 23.6. The molecule has 0 saturated carbocycles. The summed E-state index contributed by atoms with van der Waals surface area (Å²) in [5, 5.41) is 5.20. The molecular formula is C24H23F2N3O4. The standard InChI is InChI=1S/C24H23F2N3O4/c1-15-5-9-20(21(12-15)32-2)33-23-10-7-17(14-28-23)29-22(30)4-3-11-27-24(31)18-8-6-16(25)13-19(18)26/h5-10,12-14H,3-4,11H2,1-2H3,(H,27,31)(H,29,30). The fraction of sp³-hybridized carbons (Fsp3) is 0.208. The molecule has 0 unspecified atom stereocenters. The maximum absolute atomic E-state index is 13.6. The number of pyridine rings is 1. The van der Waals surface area contributed by atoms with Crippen LogP contribution >= 0.6 is 0 Å². The number of methoxy groups -OCH3 is 1. The highest BCUT2D eigenvalue weighted by Crippen LogP contribution is 2.31. The number of rotatable bonds is 9. The largest absolute Gasteiger partial charge is 0.493 e. The lowest BCUT2D eigenvalue weighted by Crippen LogP contribution is -2.26. The lowest BCUT2D eigenvalue weighted by molar-refractivity contribution is -0.116. The van der Waals surface area contributed by atoms with E-state index in [2.05, 4.69) is 15.6 Å². The first-order valence-electron chi connectivity index (χ1n) is 10.2. The molecule has 0 aliphatic heterocycles. The third kappa shape index (κ3) is 6.73. The Morgan fingerprint density at radius 3 is 2.55 bits per heavy atom. The molecule has 7 nitrogen and oxygen atoms in total. The van der Waals surface area contributed by atoms with Gasteiger partial charge in [0.1, 0.15) is 11.6 Å². The molecule has 0 aliphatic carbocycles. The van der Waals surface area contributed by atoms with Gasteiger partial charge in [-0.1, -0.05) is 6.07 Å². The Labute approximate surface area is 189 Å². The lowest BCUT2D eigenvalue weighted by atomic mass is 10.2. The van der Waals surface area contributed by atoms with Crippen LogP contribution in [0.4, 0.5) is 14.5 Å². The van der Waals surface area contributed by atoms with Gasteiger partial charge in [0, 0.05) is 25.1 Å². The number of amides is 2. The number of ether oxygens (including phenoxy) is 2. The summed E-state index contributed by atoms with van der Waals surface area (Å²) < 4.78 is 37.6. The topological polar surface area (TPSA) is 89.5 Å². The zero-order valence-electron chi connectivity index (χ0n) is 18.2. The van der Waals surface area contributed by atoms with Gasteiger partial charge in [0.25, 0.3) is 5.91 Å².